The Kier molecular flexibility index (Phi) is 4.73. The number of hydrogen-bond donors (Lipinski definition) is 0. The van der Waals surface area contributed by atoms with E-state index in [9.17, 15) is 4.79 Å². The minimum Gasteiger partial charge on any atom is -0.417 e. The fourth-order valence-electron chi connectivity index (χ4n) is 4.08. The first-order valence-corrected chi connectivity index (χ1v) is 13.0. The highest BCUT2D eigenvalue weighted by molar-refractivity contribution is 9.10. The topological polar surface area (TPSA) is 35.5 Å². The first-order chi connectivity index (χ1) is 11.0. The van der Waals surface area contributed by atoms with Crippen LogP contribution in [0.1, 0.15) is 52.9 Å². The van der Waals surface area contributed by atoms with Gasteiger partial charge in [-0.05, 0) is 43.8 Å². The summed E-state index contributed by atoms with van der Waals surface area (Å²) in [7, 11) is -1.71. The van der Waals surface area contributed by atoms with E-state index in [1.807, 2.05) is 0 Å². The lowest BCUT2D eigenvalue weighted by Gasteiger charge is -2.52. The molecule has 0 radical (unpaired) electrons. The van der Waals surface area contributed by atoms with Gasteiger partial charge in [0.25, 0.3) is 0 Å². The minimum atomic E-state index is -1.71. The quantitative estimate of drug-likeness (QED) is 0.274. The number of carbonyl (C=O) groups excluding carboxylic acids is 1. The summed E-state index contributed by atoms with van der Waals surface area (Å²) < 4.78 is 12.2. The number of hydrogen-bond acceptors (Lipinski definition) is 3. The zero-order chi connectivity index (χ0) is 17.8. The van der Waals surface area contributed by atoms with Crippen molar-refractivity contribution in [2.45, 2.75) is 87.0 Å². The Morgan fingerprint density at radius 2 is 2.12 bits per heavy atom. The summed E-state index contributed by atoms with van der Waals surface area (Å²) in [6, 6.07) is 0. The average Bonchev–Trinajstić information content (AvgIpc) is 2.89. The SMILES string of the molecule is CC(C)(C)[Si](C)(C)OCCC[C@]12C=C[C@H](O1)[C@@H]1CCC[C@@]2(Br)C1=O. The second kappa shape index (κ2) is 6.03. The fourth-order valence-corrected chi connectivity index (χ4v) is 6.17. The predicted octanol–water partition coefficient (Wildman–Crippen LogP) is 5.00. The average molecular weight is 415 g/mol. The van der Waals surface area contributed by atoms with Gasteiger partial charge in [0, 0.05) is 12.5 Å². The van der Waals surface area contributed by atoms with Crippen LogP contribution in [0.25, 0.3) is 0 Å². The third-order valence-electron chi connectivity index (χ3n) is 6.69. The molecule has 3 nitrogen and oxygen atoms in total. The maximum absolute atomic E-state index is 12.9. The molecule has 4 bridgehead atoms. The number of fused-ring (bicyclic) bond motifs is 6. The highest BCUT2D eigenvalue weighted by atomic mass is 79.9. The van der Waals surface area contributed by atoms with Gasteiger partial charge in [-0.15, -0.1) is 0 Å². The fraction of sp³-hybridized carbons (Fsp3) is 0.842. The Labute approximate surface area is 155 Å². The molecule has 0 aromatic heterocycles. The largest absolute Gasteiger partial charge is 0.417 e. The monoisotopic (exact) mass is 414 g/mol. The second-order valence-electron chi connectivity index (χ2n) is 9.21. The molecule has 0 N–H and O–H groups in total. The van der Waals surface area contributed by atoms with Gasteiger partial charge in [-0.25, -0.2) is 0 Å². The van der Waals surface area contributed by atoms with Crippen LogP contribution in [0, 0.1) is 5.92 Å². The van der Waals surface area contributed by atoms with Gasteiger partial charge in [-0.1, -0.05) is 55.3 Å². The maximum Gasteiger partial charge on any atom is 0.191 e. The van der Waals surface area contributed by atoms with Gasteiger partial charge in [-0.2, -0.15) is 0 Å². The van der Waals surface area contributed by atoms with Gasteiger partial charge in [0.15, 0.2) is 14.1 Å². The summed E-state index contributed by atoms with van der Waals surface area (Å²) in [6.07, 6.45) is 9.00. The van der Waals surface area contributed by atoms with Gasteiger partial charge in [0.05, 0.1) is 6.10 Å². The predicted molar refractivity (Wildman–Crippen MR) is 103 cm³/mol. The molecule has 4 atom stereocenters. The zero-order valence-electron chi connectivity index (χ0n) is 15.7. The minimum absolute atomic E-state index is 0.00946. The molecule has 2 fully saturated rings. The number of carbonyl (C=O) groups is 1. The van der Waals surface area contributed by atoms with Crippen molar-refractivity contribution in [3.05, 3.63) is 12.2 Å². The van der Waals surface area contributed by atoms with Crippen LogP contribution in [0.5, 0.6) is 0 Å². The van der Waals surface area contributed by atoms with E-state index in [-0.39, 0.29) is 17.1 Å². The summed E-state index contributed by atoms with van der Waals surface area (Å²) in [5.74, 6) is 0.411. The Balaban J connectivity index is 1.65. The molecule has 5 heteroatoms. The smallest absolute Gasteiger partial charge is 0.191 e. The molecule has 136 valence electrons. The third-order valence-corrected chi connectivity index (χ3v) is 12.7. The van der Waals surface area contributed by atoms with E-state index in [1.54, 1.807) is 0 Å². The number of rotatable bonds is 5. The molecule has 0 aromatic rings. The van der Waals surface area contributed by atoms with Crippen molar-refractivity contribution in [2.75, 3.05) is 6.61 Å². The van der Waals surface area contributed by atoms with Crippen LogP contribution >= 0.6 is 15.9 Å². The van der Waals surface area contributed by atoms with E-state index in [0.29, 0.717) is 5.78 Å². The van der Waals surface area contributed by atoms with Gasteiger partial charge in [-0.3, -0.25) is 4.79 Å². The van der Waals surface area contributed by atoms with Gasteiger partial charge in [0.2, 0.25) is 0 Å². The molecule has 0 aromatic carbocycles. The summed E-state index contributed by atoms with van der Waals surface area (Å²) >= 11 is 3.83. The highest BCUT2D eigenvalue weighted by Crippen LogP contribution is 2.56. The standard InChI is InChI=1S/C19H31BrO3Si/c1-17(2,3)24(4,5)22-13-7-10-18-12-9-15(23-18)14-8-6-11-19(18,20)16(14)21/h9,12,14-15H,6-8,10-11,13H2,1-5H3/t14-,15-,18+,19+/m0/s1. The first-order valence-electron chi connectivity index (χ1n) is 9.27. The molecule has 3 aliphatic rings. The molecule has 0 unspecified atom stereocenters. The third kappa shape index (κ3) is 2.80. The maximum atomic E-state index is 12.9. The molecule has 1 saturated carbocycles. The molecule has 0 spiro atoms. The van der Waals surface area contributed by atoms with Crippen molar-refractivity contribution >= 4 is 30.0 Å². The zero-order valence-corrected chi connectivity index (χ0v) is 18.2. The lowest BCUT2D eigenvalue weighted by atomic mass is 9.68. The molecule has 24 heavy (non-hydrogen) atoms. The summed E-state index contributed by atoms with van der Waals surface area (Å²) in [5, 5.41) is 0.230. The van der Waals surface area contributed by atoms with Crippen LogP contribution in [0.4, 0.5) is 0 Å². The van der Waals surface area contributed by atoms with E-state index in [2.05, 4.69) is 61.9 Å². The second-order valence-corrected chi connectivity index (χ2v) is 15.4. The van der Waals surface area contributed by atoms with Crippen molar-refractivity contribution in [3.8, 4) is 0 Å². The van der Waals surface area contributed by atoms with Crippen molar-refractivity contribution < 1.29 is 14.0 Å². The van der Waals surface area contributed by atoms with Crippen LogP contribution in [-0.2, 0) is 14.0 Å². The Morgan fingerprint density at radius 1 is 1.42 bits per heavy atom. The number of alkyl halides is 1. The van der Waals surface area contributed by atoms with Crippen molar-refractivity contribution in [1.29, 1.82) is 0 Å². The molecular weight excluding hydrogens is 384 g/mol. The first kappa shape index (κ1) is 18.8. The van der Waals surface area contributed by atoms with Gasteiger partial charge < -0.3 is 9.16 Å². The summed E-state index contributed by atoms with van der Waals surface area (Å²) in [4.78, 5) is 12.9. The molecule has 0 amide bonds. The lowest BCUT2D eigenvalue weighted by Crippen LogP contribution is -2.63. The molecule has 1 saturated heterocycles. The highest BCUT2D eigenvalue weighted by Gasteiger charge is 2.64. The Morgan fingerprint density at radius 3 is 2.79 bits per heavy atom. The van der Waals surface area contributed by atoms with Gasteiger partial charge >= 0.3 is 0 Å². The number of halogens is 1. The molecule has 1 aliphatic carbocycles. The van der Waals surface area contributed by atoms with Crippen molar-refractivity contribution in [3.63, 3.8) is 0 Å². The van der Waals surface area contributed by atoms with Crippen LogP contribution in [0.15, 0.2) is 12.2 Å². The van der Waals surface area contributed by atoms with E-state index < -0.39 is 18.2 Å². The molecule has 2 heterocycles. The normalized spacial score (nSPS) is 38.7. The Hall–Kier alpha value is 0.0269. The Bertz CT molecular complexity index is 553. The number of ketones is 1. The van der Waals surface area contributed by atoms with E-state index in [0.717, 1.165) is 38.7 Å². The van der Waals surface area contributed by atoms with Crippen LogP contribution in [0.2, 0.25) is 18.1 Å². The van der Waals surface area contributed by atoms with E-state index in [1.165, 1.54) is 0 Å². The summed E-state index contributed by atoms with van der Waals surface area (Å²) in [5.41, 5.74) is -0.470. The van der Waals surface area contributed by atoms with E-state index in [4.69, 9.17) is 9.16 Å². The number of Topliss-reactive ketones (excluding diaryl/α,β-unsaturated/α-hetero) is 1. The van der Waals surface area contributed by atoms with Crippen LogP contribution in [-0.4, -0.2) is 36.7 Å². The van der Waals surface area contributed by atoms with Crippen molar-refractivity contribution in [2.24, 2.45) is 5.92 Å². The van der Waals surface area contributed by atoms with Crippen molar-refractivity contribution in [1.82, 2.24) is 0 Å². The molecular formula is C19H31BrO3Si. The van der Waals surface area contributed by atoms with Crippen LogP contribution < -0.4 is 0 Å². The number of ether oxygens (including phenoxy) is 1. The molecule has 2 aliphatic heterocycles. The van der Waals surface area contributed by atoms with E-state index >= 15 is 0 Å². The summed E-state index contributed by atoms with van der Waals surface area (Å²) in [6.45, 7) is 12.1. The van der Waals surface area contributed by atoms with Crippen LogP contribution in [0.3, 0.4) is 0 Å². The molecule has 3 rings (SSSR count). The van der Waals surface area contributed by atoms with Gasteiger partial charge in [0.1, 0.15) is 9.93 Å². The lowest BCUT2D eigenvalue weighted by molar-refractivity contribution is -0.163.